The molecule has 2 aromatic carbocycles. The highest BCUT2D eigenvalue weighted by molar-refractivity contribution is 7.89. The second kappa shape index (κ2) is 11.0. The number of sulfonamides is 1. The Labute approximate surface area is 190 Å². The number of amides is 1. The van der Waals surface area contributed by atoms with E-state index in [1.54, 1.807) is 12.1 Å². The summed E-state index contributed by atoms with van der Waals surface area (Å²) < 4.78 is 75.2. The molecule has 1 aliphatic rings. The Balaban J connectivity index is 1.40. The van der Waals surface area contributed by atoms with E-state index in [2.05, 4.69) is 5.32 Å². The van der Waals surface area contributed by atoms with Crippen LogP contribution in [0.1, 0.15) is 17.5 Å². The summed E-state index contributed by atoms with van der Waals surface area (Å²) in [6.45, 7) is 1.56. The molecule has 2 aromatic rings. The number of carbonyl (C=O) groups excluding carboxylic acids is 1. The molecule has 0 unspecified atom stereocenters. The maximum atomic E-state index is 12.7. The number of aryl methyl sites for hydroxylation is 1. The standard InChI is InChI=1S/C22H25F3N2O5S/c23-22(24,25)18-2-1-3-19(16-18)32-13-10-26-21(28)9-6-17-4-7-20(8-5-17)33(29,30)27-11-14-31-15-12-27/h1-5,7-8,16H,6,9-15H2,(H,26,28). The number of morpholine rings is 1. The van der Waals surface area contributed by atoms with E-state index in [1.807, 2.05) is 0 Å². The lowest BCUT2D eigenvalue weighted by Gasteiger charge is -2.26. The molecule has 7 nitrogen and oxygen atoms in total. The first-order valence-electron chi connectivity index (χ1n) is 10.4. The Hall–Kier alpha value is -2.63. The number of ether oxygens (including phenoxy) is 2. The molecule has 1 fully saturated rings. The zero-order valence-corrected chi connectivity index (χ0v) is 18.6. The van der Waals surface area contributed by atoms with Crippen molar-refractivity contribution < 1.29 is 35.9 Å². The van der Waals surface area contributed by atoms with E-state index in [4.69, 9.17) is 9.47 Å². The maximum absolute atomic E-state index is 12.7. The van der Waals surface area contributed by atoms with E-state index in [-0.39, 0.29) is 36.1 Å². The largest absolute Gasteiger partial charge is 0.492 e. The van der Waals surface area contributed by atoms with Crippen LogP contribution in [0.25, 0.3) is 0 Å². The van der Waals surface area contributed by atoms with E-state index >= 15 is 0 Å². The Morgan fingerprint density at radius 2 is 1.79 bits per heavy atom. The zero-order chi connectivity index (χ0) is 23.9. The van der Waals surface area contributed by atoms with Gasteiger partial charge in [-0.05, 0) is 42.3 Å². The smallest absolute Gasteiger partial charge is 0.416 e. The highest BCUT2D eigenvalue weighted by Gasteiger charge is 2.30. The number of alkyl halides is 3. The lowest BCUT2D eigenvalue weighted by Crippen LogP contribution is -2.40. The Morgan fingerprint density at radius 1 is 1.09 bits per heavy atom. The third-order valence-electron chi connectivity index (χ3n) is 5.03. The quantitative estimate of drug-likeness (QED) is 0.551. The summed E-state index contributed by atoms with van der Waals surface area (Å²) >= 11 is 0. The molecule has 0 atom stereocenters. The van der Waals surface area contributed by atoms with Gasteiger partial charge in [-0.1, -0.05) is 18.2 Å². The normalized spacial score (nSPS) is 15.2. The first-order valence-corrected chi connectivity index (χ1v) is 11.8. The van der Waals surface area contributed by atoms with Crippen molar-refractivity contribution in [2.24, 2.45) is 0 Å². The molecule has 0 radical (unpaired) electrons. The van der Waals surface area contributed by atoms with Gasteiger partial charge in [0, 0.05) is 19.5 Å². The summed E-state index contributed by atoms with van der Waals surface area (Å²) in [5.41, 5.74) is 0.0130. The lowest BCUT2D eigenvalue weighted by atomic mass is 10.1. The molecular formula is C22H25F3N2O5S. The number of hydrogen-bond acceptors (Lipinski definition) is 5. The molecule has 3 rings (SSSR count). The minimum absolute atomic E-state index is 0.0289. The van der Waals surface area contributed by atoms with E-state index in [9.17, 15) is 26.4 Å². The third-order valence-corrected chi connectivity index (χ3v) is 6.94. The van der Waals surface area contributed by atoms with E-state index in [0.717, 1.165) is 17.7 Å². The molecule has 11 heteroatoms. The van der Waals surface area contributed by atoms with Gasteiger partial charge in [0.05, 0.1) is 30.2 Å². The van der Waals surface area contributed by atoms with E-state index in [1.165, 1.54) is 28.6 Å². The minimum atomic E-state index is -4.45. The molecule has 33 heavy (non-hydrogen) atoms. The van der Waals surface area contributed by atoms with Crippen molar-refractivity contribution in [1.82, 2.24) is 9.62 Å². The first-order chi connectivity index (χ1) is 15.7. The van der Waals surface area contributed by atoms with Crippen molar-refractivity contribution in [2.75, 3.05) is 39.5 Å². The molecule has 1 N–H and O–H groups in total. The van der Waals surface area contributed by atoms with Crippen LogP contribution in [0.5, 0.6) is 5.75 Å². The number of halogens is 3. The van der Waals surface area contributed by atoms with Gasteiger partial charge in [0.2, 0.25) is 15.9 Å². The lowest BCUT2D eigenvalue weighted by molar-refractivity contribution is -0.137. The highest BCUT2D eigenvalue weighted by atomic mass is 32.2. The van der Waals surface area contributed by atoms with Gasteiger partial charge in [-0.2, -0.15) is 17.5 Å². The monoisotopic (exact) mass is 486 g/mol. The number of carbonyl (C=O) groups is 1. The van der Waals surface area contributed by atoms with E-state index < -0.39 is 21.8 Å². The fourth-order valence-electron chi connectivity index (χ4n) is 3.23. The van der Waals surface area contributed by atoms with E-state index in [0.29, 0.717) is 32.7 Å². The van der Waals surface area contributed by atoms with Gasteiger partial charge in [0.25, 0.3) is 0 Å². The van der Waals surface area contributed by atoms with Crippen LogP contribution in [-0.4, -0.2) is 58.1 Å². The number of hydrogen-bond donors (Lipinski definition) is 1. The molecule has 180 valence electrons. The van der Waals surface area contributed by atoms with Gasteiger partial charge in [0.15, 0.2) is 0 Å². The average Bonchev–Trinajstić information content (AvgIpc) is 2.81. The van der Waals surface area contributed by atoms with Crippen LogP contribution < -0.4 is 10.1 Å². The third kappa shape index (κ3) is 7.18. The summed E-state index contributed by atoms with van der Waals surface area (Å²) in [4.78, 5) is 12.2. The number of nitrogens with one attached hydrogen (secondary N) is 1. The molecule has 0 aliphatic carbocycles. The van der Waals surface area contributed by atoms with Crippen molar-refractivity contribution in [2.45, 2.75) is 23.9 Å². The summed E-state index contributed by atoms with van der Waals surface area (Å²) in [7, 11) is -3.56. The Morgan fingerprint density at radius 3 is 2.45 bits per heavy atom. The van der Waals surface area contributed by atoms with Crippen LogP contribution in [0.2, 0.25) is 0 Å². The van der Waals surface area contributed by atoms with Crippen LogP contribution in [0, 0.1) is 0 Å². The van der Waals surface area contributed by atoms with Gasteiger partial charge < -0.3 is 14.8 Å². The van der Waals surface area contributed by atoms with Gasteiger partial charge in [-0.15, -0.1) is 0 Å². The van der Waals surface area contributed by atoms with Crippen LogP contribution in [0.15, 0.2) is 53.4 Å². The second-order valence-electron chi connectivity index (χ2n) is 7.38. The topological polar surface area (TPSA) is 84.9 Å². The first kappa shape index (κ1) is 25.0. The van der Waals surface area contributed by atoms with Crippen molar-refractivity contribution in [3.8, 4) is 5.75 Å². The molecule has 0 spiro atoms. The zero-order valence-electron chi connectivity index (χ0n) is 17.8. The maximum Gasteiger partial charge on any atom is 0.416 e. The fraction of sp³-hybridized carbons (Fsp3) is 0.409. The van der Waals surface area contributed by atoms with Crippen molar-refractivity contribution in [1.29, 1.82) is 0 Å². The number of nitrogens with zero attached hydrogens (tertiary/aromatic N) is 1. The van der Waals surface area contributed by atoms with Gasteiger partial charge >= 0.3 is 6.18 Å². The molecule has 0 aromatic heterocycles. The van der Waals surface area contributed by atoms with Crippen molar-refractivity contribution >= 4 is 15.9 Å². The summed E-state index contributed by atoms with van der Waals surface area (Å²) in [6.07, 6.45) is -3.85. The second-order valence-corrected chi connectivity index (χ2v) is 9.32. The fourth-order valence-corrected chi connectivity index (χ4v) is 4.64. The Bertz CT molecular complexity index is 1040. The summed E-state index contributed by atoms with van der Waals surface area (Å²) in [5.74, 6) is -0.168. The molecule has 1 heterocycles. The SMILES string of the molecule is O=C(CCc1ccc(S(=O)(=O)N2CCOCC2)cc1)NCCOc1cccc(C(F)(F)F)c1. The number of rotatable bonds is 9. The molecule has 1 amide bonds. The molecular weight excluding hydrogens is 461 g/mol. The average molecular weight is 487 g/mol. The predicted octanol–water partition coefficient (Wildman–Crippen LogP) is 2.85. The van der Waals surface area contributed by atoms with Gasteiger partial charge in [0.1, 0.15) is 12.4 Å². The van der Waals surface area contributed by atoms with Crippen molar-refractivity contribution in [3.63, 3.8) is 0 Å². The minimum Gasteiger partial charge on any atom is -0.492 e. The molecule has 1 saturated heterocycles. The molecule has 0 saturated carbocycles. The molecule has 0 bridgehead atoms. The van der Waals surface area contributed by atoms with Gasteiger partial charge in [-0.25, -0.2) is 8.42 Å². The van der Waals surface area contributed by atoms with Crippen LogP contribution >= 0.6 is 0 Å². The van der Waals surface area contributed by atoms with Crippen LogP contribution in [-0.2, 0) is 32.2 Å². The predicted molar refractivity (Wildman–Crippen MR) is 114 cm³/mol. The number of benzene rings is 2. The van der Waals surface area contributed by atoms with Gasteiger partial charge in [-0.3, -0.25) is 4.79 Å². The highest BCUT2D eigenvalue weighted by Crippen LogP contribution is 2.31. The van der Waals surface area contributed by atoms with Crippen LogP contribution in [0.3, 0.4) is 0 Å². The van der Waals surface area contributed by atoms with Crippen LogP contribution in [0.4, 0.5) is 13.2 Å². The Kier molecular flexibility index (Phi) is 8.33. The molecule has 1 aliphatic heterocycles. The summed E-state index contributed by atoms with van der Waals surface area (Å²) in [6, 6.07) is 11.0. The summed E-state index contributed by atoms with van der Waals surface area (Å²) in [5, 5.41) is 2.65. The van der Waals surface area contributed by atoms with Crippen molar-refractivity contribution in [3.05, 3.63) is 59.7 Å².